The van der Waals surface area contributed by atoms with Crippen LogP contribution in [-0.2, 0) is 37.7 Å². The van der Waals surface area contributed by atoms with E-state index in [2.05, 4.69) is 92.9 Å². The maximum absolute atomic E-state index is 7.44. The van der Waals surface area contributed by atoms with E-state index < -0.39 is 0 Å². The van der Waals surface area contributed by atoms with Gasteiger partial charge in [0.25, 0.3) is 0 Å². The van der Waals surface area contributed by atoms with Gasteiger partial charge in [-0.3, -0.25) is 0 Å². The van der Waals surface area contributed by atoms with Gasteiger partial charge in [-0.15, -0.1) is 34.5 Å². The van der Waals surface area contributed by atoms with Crippen LogP contribution in [0.2, 0.25) is 0 Å². The number of rotatable bonds is 2. The van der Waals surface area contributed by atoms with Gasteiger partial charge in [0, 0.05) is 0 Å². The van der Waals surface area contributed by atoms with Gasteiger partial charge in [-0.2, -0.15) is 41.2 Å². The minimum atomic E-state index is 0. The summed E-state index contributed by atoms with van der Waals surface area (Å²) in [6, 6.07) is 20.3. The van der Waals surface area contributed by atoms with Gasteiger partial charge in [-0.1, -0.05) is 63.6 Å². The minimum Gasteiger partial charge on any atom is -0.668 e. The molecular weight excluding hydrogens is 547 g/mol. The molecule has 0 atom stereocenters. The van der Waals surface area contributed by atoms with E-state index in [1.807, 2.05) is 0 Å². The number of aliphatic hydroxyl groups is 1. The van der Waals surface area contributed by atoms with E-state index in [0.717, 1.165) is 13.0 Å². The Hall–Kier alpha value is -1.20. The van der Waals surface area contributed by atoms with Crippen molar-refractivity contribution in [1.29, 1.82) is 0 Å². The first kappa shape index (κ1) is 32.0. The van der Waals surface area contributed by atoms with Crippen LogP contribution < -0.4 is 0 Å². The minimum absolute atomic E-state index is 0. The van der Waals surface area contributed by atoms with Gasteiger partial charge in [0.1, 0.15) is 0 Å². The molecule has 3 nitrogen and oxygen atoms in total. The molecule has 168 valence electrons. The molecule has 3 aromatic carbocycles. The Morgan fingerprint density at radius 3 is 1.84 bits per heavy atom. The van der Waals surface area contributed by atoms with E-state index in [1.165, 1.54) is 33.0 Å². The fraction of sp³-hybridized carbons (Fsp3) is 0.407. The number of nitrogens with zero attached hydrogens (tertiary/aromatic N) is 2. The predicted molar refractivity (Wildman–Crippen MR) is 135 cm³/mol. The normalized spacial score (nSPS) is 9.87. The van der Waals surface area contributed by atoms with Crippen LogP contribution in [0.5, 0.6) is 0 Å². The van der Waals surface area contributed by atoms with Crippen molar-refractivity contribution in [3.05, 3.63) is 83.0 Å². The number of aliphatic hydroxyl groups excluding tert-OH is 1. The molecule has 0 fully saturated rings. The Balaban J connectivity index is 0. The Morgan fingerprint density at radius 1 is 0.935 bits per heavy atom. The zero-order valence-corrected chi connectivity index (χ0v) is 24.4. The molecule has 1 N–H and O–H groups in total. The molecule has 3 rings (SSSR count). The third-order valence-corrected chi connectivity index (χ3v) is 4.28. The number of benzene rings is 2. The van der Waals surface area contributed by atoms with Crippen LogP contribution in [0, 0.1) is 6.61 Å². The van der Waals surface area contributed by atoms with Gasteiger partial charge in [0.05, 0.1) is 0 Å². The van der Waals surface area contributed by atoms with Gasteiger partial charge in [-0.05, 0) is 23.0 Å². The molecule has 0 spiro atoms. The van der Waals surface area contributed by atoms with Gasteiger partial charge >= 0.3 is 25.8 Å². The van der Waals surface area contributed by atoms with E-state index >= 15 is 0 Å². The molecule has 0 saturated heterocycles. The summed E-state index contributed by atoms with van der Waals surface area (Å²) in [5.74, 6) is 0. The maximum Gasteiger partial charge on any atom is 4.00 e. The first-order chi connectivity index (χ1) is 14.2. The van der Waals surface area contributed by atoms with Crippen molar-refractivity contribution in [1.82, 2.24) is 0 Å². The van der Waals surface area contributed by atoms with E-state index in [4.69, 9.17) is 5.11 Å². The van der Waals surface area contributed by atoms with Crippen LogP contribution >= 0.6 is 0 Å². The van der Waals surface area contributed by atoms with Crippen LogP contribution in [0.25, 0.3) is 32.5 Å². The standard InChI is InChI=1S/C21H23.2C2H6N.C2H5O.Hf/c1-5-15-13-17-7-6-8-19(20(17)14-15)16-9-11-18(12-10-16)21(2,3)4;2*1-3-2;1-2-3;/h6-14H,5H2,1-4H3;2*1-2H3;2-3H,1H3;/q4*-1;+4. The first-order valence-corrected chi connectivity index (χ1v) is 10.4. The summed E-state index contributed by atoms with van der Waals surface area (Å²) in [4.78, 5) is 0. The molecule has 0 heterocycles. The molecule has 3 aromatic rings. The zero-order chi connectivity index (χ0) is 23.2. The van der Waals surface area contributed by atoms with E-state index in [-0.39, 0.29) is 31.3 Å². The fourth-order valence-electron chi connectivity index (χ4n) is 2.90. The summed E-state index contributed by atoms with van der Waals surface area (Å²) in [7, 11) is 7.00. The molecule has 0 bridgehead atoms. The first-order valence-electron chi connectivity index (χ1n) is 10.4. The number of hydrogen-bond acceptors (Lipinski definition) is 1. The molecular formula is C27H40HfN2O. The van der Waals surface area contributed by atoms with E-state index in [1.54, 1.807) is 35.1 Å². The molecule has 0 aliphatic rings. The maximum atomic E-state index is 7.44. The Kier molecular flexibility index (Phi) is 17.9. The smallest absolute Gasteiger partial charge is 0.668 e. The van der Waals surface area contributed by atoms with E-state index in [0.29, 0.717) is 0 Å². The average Bonchev–Trinajstić information content (AvgIpc) is 3.13. The van der Waals surface area contributed by atoms with Crippen molar-refractivity contribution < 1.29 is 30.9 Å². The molecule has 0 amide bonds. The largest absolute Gasteiger partial charge is 4.00 e. The van der Waals surface area contributed by atoms with Crippen LogP contribution in [0.4, 0.5) is 0 Å². The molecule has 0 aliphatic carbocycles. The van der Waals surface area contributed by atoms with Gasteiger partial charge in [0.15, 0.2) is 0 Å². The van der Waals surface area contributed by atoms with Crippen LogP contribution in [0.3, 0.4) is 0 Å². The van der Waals surface area contributed by atoms with Crippen LogP contribution in [-0.4, -0.2) is 33.3 Å². The summed E-state index contributed by atoms with van der Waals surface area (Å²) in [5, 5.41) is 17.2. The fourth-order valence-corrected chi connectivity index (χ4v) is 2.90. The molecule has 0 radical (unpaired) electrons. The topological polar surface area (TPSA) is 48.4 Å². The molecule has 0 unspecified atom stereocenters. The second-order valence-corrected chi connectivity index (χ2v) is 8.01. The van der Waals surface area contributed by atoms with Crippen molar-refractivity contribution in [2.24, 2.45) is 0 Å². The SMILES string of the molecule is CCc1cc2c(-c3ccc(C(C)(C)C)cc3)cccc2[cH-]1.C[CH-]O.C[N-]C.C[N-]C.[Hf+4]. The Morgan fingerprint density at radius 2 is 1.42 bits per heavy atom. The van der Waals surface area contributed by atoms with E-state index in [9.17, 15) is 0 Å². The molecule has 31 heavy (non-hydrogen) atoms. The molecule has 0 aromatic heterocycles. The average molecular weight is 587 g/mol. The van der Waals surface area contributed by atoms with Crippen molar-refractivity contribution in [3.63, 3.8) is 0 Å². The van der Waals surface area contributed by atoms with Gasteiger partial charge in [0.2, 0.25) is 0 Å². The number of fused-ring (bicyclic) bond motifs is 1. The quantitative estimate of drug-likeness (QED) is 0.241. The zero-order valence-electron chi connectivity index (χ0n) is 20.8. The Bertz CT molecular complexity index is 813. The molecule has 4 heteroatoms. The summed E-state index contributed by atoms with van der Waals surface area (Å²) in [6.45, 7) is 11.5. The number of hydrogen-bond donors (Lipinski definition) is 1. The van der Waals surface area contributed by atoms with Crippen molar-refractivity contribution in [3.8, 4) is 11.1 Å². The summed E-state index contributed by atoms with van der Waals surface area (Å²) < 4.78 is 0. The predicted octanol–water partition coefficient (Wildman–Crippen LogP) is 7.86. The van der Waals surface area contributed by atoms with Crippen molar-refractivity contribution in [2.75, 3.05) is 28.2 Å². The molecule has 0 aliphatic heterocycles. The second kappa shape index (κ2) is 17.4. The third kappa shape index (κ3) is 11.3. The molecule has 0 saturated carbocycles. The van der Waals surface area contributed by atoms with Crippen LogP contribution in [0.15, 0.2) is 54.6 Å². The Labute approximate surface area is 209 Å². The van der Waals surface area contributed by atoms with Gasteiger partial charge < -0.3 is 15.7 Å². The van der Waals surface area contributed by atoms with Crippen LogP contribution in [0.1, 0.15) is 45.7 Å². The third-order valence-electron chi connectivity index (χ3n) is 4.28. The number of aryl methyl sites for hydroxylation is 1. The monoisotopic (exact) mass is 588 g/mol. The summed E-state index contributed by atoms with van der Waals surface area (Å²) in [5.41, 5.74) is 5.66. The van der Waals surface area contributed by atoms with Crippen molar-refractivity contribution >= 4 is 10.8 Å². The summed E-state index contributed by atoms with van der Waals surface area (Å²) >= 11 is 0. The second-order valence-electron chi connectivity index (χ2n) is 8.01. The summed E-state index contributed by atoms with van der Waals surface area (Å²) in [6.07, 6.45) is 1.09. The van der Waals surface area contributed by atoms with Gasteiger partial charge in [-0.25, -0.2) is 6.61 Å². The van der Waals surface area contributed by atoms with Crippen molar-refractivity contribution in [2.45, 2.75) is 46.5 Å².